The van der Waals surface area contributed by atoms with Gasteiger partial charge in [0.2, 0.25) is 11.7 Å². The Kier molecular flexibility index (Phi) is 4.57. The Morgan fingerprint density at radius 1 is 1.11 bits per heavy atom. The van der Waals surface area contributed by atoms with Crippen molar-refractivity contribution in [2.45, 2.75) is 20.1 Å². The van der Waals surface area contributed by atoms with Crippen LogP contribution in [0.15, 0.2) is 69.8 Å². The fourth-order valence-corrected chi connectivity index (χ4v) is 2.60. The van der Waals surface area contributed by atoms with Crippen molar-refractivity contribution in [3.8, 4) is 11.5 Å². The number of oxazole rings is 1. The molecule has 0 saturated heterocycles. The number of carbonyl (C=O) groups is 1. The molecule has 0 aliphatic heterocycles. The van der Waals surface area contributed by atoms with Crippen molar-refractivity contribution in [1.29, 1.82) is 0 Å². The van der Waals surface area contributed by atoms with E-state index in [0.717, 1.165) is 5.56 Å². The Balaban J connectivity index is 1.40. The molecular formula is C20H17N3O4. The number of rotatable bonds is 6. The summed E-state index contributed by atoms with van der Waals surface area (Å²) >= 11 is 0. The van der Waals surface area contributed by atoms with Gasteiger partial charge in [0.25, 0.3) is 0 Å². The summed E-state index contributed by atoms with van der Waals surface area (Å²) in [6.45, 7) is 2.25. The van der Waals surface area contributed by atoms with E-state index in [2.05, 4.69) is 10.1 Å². The average molecular weight is 363 g/mol. The third-order valence-corrected chi connectivity index (χ3v) is 3.99. The number of aryl methyl sites for hydroxylation is 1. The van der Waals surface area contributed by atoms with Gasteiger partial charge in [-0.25, -0.2) is 9.78 Å². The average Bonchev–Trinajstić information content (AvgIpc) is 3.43. The first kappa shape index (κ1) is 16.8. The van der Waals surface area contributed by atoms with E-state index in [9.17, 15) is 4.79 Å². The van der Waals surface area contributed by atoms with E-state index in [4.69, 9.17) is 13.6 Å². The van der Waals surface area contributed by atoms with Crippen molar-refractivity contribution < 1.29 is 18.4 Å². The number of ether oxygens (including phenoxy) is 1. The second-order valence-corrected chi connectivity index (χ2v) is 5.93. The predicted octanol–water partition coefficient (Wildman–Crippen LogP) is 3.84. The summed E-state index contributed by atoms with van der Waals surface area (Å²) in [4.78, 5) is 16.6. The quantitative estimate of drug-likeness (QED) is 0.484. The summed E-state index contributed by atoms with van der Waals surface area (Å²) in [5, 5.41) is 4.10. The highest BCUT2D eigenvalue weighted by molar-refractivity contribution is 5.86. The SMILES string of the molecule is Cc1oc(-c2ccccc2)nc1COC(=O)c1ccc(Cn2cccn2)o1. The first-order valence-corrected chi connectivity index (χ1v) is 8.44. The van der Waals surface area contributed by atoms with Gasteiger partial charge >= 0.3 is 5.97 Å². The standard InChI is InChI=1S/C20H17N3O4/c1-14-17(22-19(26-14)15-6-3-2-4-7-15)13-25-20(24)18-9-8-16(27-18)12-23-11-5-10-21-23/h2-11H,12-13H2,1H3. The maximum atomic E-state index is 12.2. The maximum Gasteiger partial charge on any atom is 0.374 e. The largest absolute Gasteiger partial charge is 0.453 e. The molecule has 3 aromatic heterocycles. The summed E-state index contributed by atoms with van der Waals surface area (Å²) in [7, 11) is 0. The molecule has 136 valence electrons. The molecule has 1 aromatic carbocycles. The van der Waals surface area contributed by atoms with Gasteiger partial charge in [0, 0.05) is 18.0 Å². The van der Waals surface area contributed by atoms with Crippen LogP contribution in [0.1, 0.15) is 27.8 Å². The smallest absolute Gasteiger partial charge is 0.374 e. The molecule has 0 bridgehead atoms. The normalized spacial score (nSPS) is 10.9. The lowest BCUT2D eigenvalue weighted by Crippen LogP contribution is -2.05. The third-order valence-electron chi connectivity index (χ3n) is 3.99. The van der Waals surface area contributed by atoms with Crippen LogP contribution in [0.25, 0.3) is 11.5 Å². The van der Waals surface area contributed by atoms with Gasteiger partial charge in [0.1, 0.15) is 23.8 Å². The van der Waals surface area contributed by atoms with Gasteiger partial charge in [-0.15, -0.1) is 0 Å². The lowest BCUT2D eigenvalue weighted by atomic mass is 10.2. The molecule has 7 nitrogen and oxygen atoms in total. The summed E-state index contributed by atoms with van der Waals surface area (Å²) in [5.74, 6) is 1.32. The van der Waals surface area contributed by atoms with E-state index >= 15 is 0 Å². The van der Waals surface area contributed by atoms with Gasteiger partial charge in [0.05, 0.1) is 6.54 Å². The lowest BCUT2D eigenvalue weighted by Gasteiger charge is -2.01. The molecule has 0 fully saturated rings. The van der Waals surface area contributed by atoms with E-state index in [-0.39, 0.29) is 12.4 Å². The Morgan fingerprint density at radius 2 is 1.96 bits per heavy atom. The monoisotopic (exact) mass is 363 g/mol. The second kappa shape index (κ2) is 7.33. The molecule has 0 atom stereocenters. The number of aromatic nitrogens is 3. The number of esters is 1. The van der Waals surface area contributed by atoms with Gasteiger partial charge < -0.3 is 13.6 Å². The second-order valence-electron chi connectivity index (χ2n) is 5.93. The summed E-state index contributed by atoms with van der Waals surface area (Å²) in [5.41, 5.74) is 1.44. The van der Waals surface area contributed by atoms with Gasteiger partial charge in [-0.3, -0.25) is 4.68 Å². The van der Waals surface area contributed by atoms with Crippen LogP contribution < -0.4 is 0 Å². The van der Waals surface area contributed by atoms with Gasteiger partial charge in [0.15, 0.2) is 0 Å². The van der Waals surface area contributed by atoms with Crippen molar-refractivity contribution in [1.82, 2.24) is 14.8 Å². The molecule has 0 unspecified atom stereocenters. The Labute approximate surface area is 155 Å². The molecule has 0 amide bonds. The Morgan fingerprint density at radius 3 is 2.74 bits per heavy atom. The lowest BCUT2D eigenvalue weighted by molar-refractivity contribution is 0.0428. The van der Waals surface area contributed by atoms with Crippen molar-refractivity contribution in [2.75, 3.05) is 0 Å². The van der Waals surface area contributed by atoms with Crippen molar-refractivity contribution in [2.24, 2.45) is 0 Å². The highest BCUT2D eigenvalue weighted by Crippen LogP contribution is 2.22. The fraction of sp³-hybridized carbons (Fsp3) is 0.150. The van der Waals surface area contributed by atoms with E-state index in [1.165, 1.54) is 0 Å². The van der Waals surface area contributed by atoms with Crippen molar-refractivity contribution in [3.63, 3.8) is 0 Å². The van der Waals surface area contributed by atoms with Crippen LogP contribution in [0.4, 0.5) is 0 Å². The molecule has 0 N–H and O–H groups in total. The Bertz CT molecular complexity index is 1030. The molecule has 0 aliphatic rings. The molecule has 27 heavy (non-hydrogen) atoms. The third kappa shape index (κ3) is 3.82. The van der Waals surface area contributed by atoms with Gasteiger partial charge in [-0.2, -0.15) is 5.10 Å². The van der Waals surface area contributed by atoms with Crippen LogP contribution in [-0.4, -0.2) is 20.7 Å². The van der Waals surface area contributed by atoms with Crippen LogP contribution in [0.5, 0.6) is 0 Å². The topological polar surface area (TPSA) is 83.3 Å². The zero-order chi connectivity index (χ0) is 18.6. The summed E-state index contributed by atoms with van der Waals surface area (Å²) < 4.78 is 18.2. The summed E-state index contributed by atoms with van der Waals surface area (Å²) in [6.07, 6.45) is 3.50. The van der Waals surface area contributed by atoms with Gasteiger partial charge in [-0.05, 0) is 37.3 Å². The molecule has 4 rings (SSSR count). The van der Waals surface area contributed by atoms with Crippen molar-refractivity contribution >= 4 is 5.97 Å². The maximum absolute atomic E-state index is 12.2. The predicted molar refractivity (Wildman–Crippen MR) is 95.8 cm³/mol. The van der Waals surface area contributed by atoms with Crippen LogP contribution in [0.2, 0.25) is 0 Å². The number of benzene rings is 1. The minimum absolute atomic E-state index is 0.0101. The van der Waals surface area contributed by atoms with Crippen LogP contribution in [0, 0.1) is 6.92 Å². The molecule has 0 aliphatic carbocycles. The first-order valence-electron chi connectivity index (χ1n) is 8.44. The Hall–Kier alpha value is -3.61. The zero-order valence-electron chi connectivity index (χ0n) is 14.7. The molecular weight excluding hydrogens is 346 g/mol. The number of nitrogens with zero attached hydrogens (tertiary/aromatic N) is 3. The van der Waals surface area contributed by atoms with E-state index < -0.39 is 5.97 Å². The summed E-state index contributed by atoms with van der Waals surface area (Å²) in [6, 6.07) is 14.7. The highest BCUT2D eigenvalue weighted by atomic mass is 16.5. The molecule has 0 radical (unpaired) electrons. The number of hydrogen-bond acceptors (Lipinski definition) is 6. The molecule has 7 heteroatoms. The van der Waals surface area contributed by atoms with Gasteiger partial charge in [-0.1, -0.05) is 18.2 Å². The van der Waals surface area contributed by atoms with Crippen LogP contribution in [-0.2, 0) is 17.9 Å². The van der Waals surface area contributed by atoms with Crippen LogP contribution in [0.3, 0.4) is 0 Å². The number of hydrogen-bond donors (Lipinski definition) is 0. The van der Waals surface area contributed by atoms with E-state index in [1.807, 2.05) is 42.6 Å². The van der Waals surface area contributed by atoms with E-state index in [1.54, 1.807) is 29.9 Å². The molecule has 4 aromatic rings. The fourth-order valence-electron chi connectivity index (χ4n) is 2.60. The van der Waals surface area contributed by atoms with Crippen molar-refractivity contribution in [3.05, 3.63) is 83.9 Å². The van der Waals surface area contributed by atoms with Crippen LogP contribution >= 0.6 is 0 Å². The first-order chi connectivity index (χ1) is 13.2. The molecule has 0 saturated carbocycles. The minimum Gasteiger partial charge on any atom is -0.453 e. The highest BCUT2D eigenvalue weighted by Gasteiger charge is 2.17. The molecule has 3 heterocycles. The minimum atomic E-state index is -0.551. The van der Waals surface area contributed by atoms with E-state index in [0.29, 0.717) is 29.6 Å². The molecule has 0 spiro atoms. The number of carbonyl (C=O) groups excluding carboxylic acids is 1. The zero-order valence-corrected chi connectivity index (χ0v) is 14.7. The number of furan rings is 1.